The molecule has 0 fully saturated rings. The van der Waals surface area contributed by atoms with Crippen molar-refractivity contribution >= 4 is 29.0 Å². The molecule has 0 spiro atoms. The quantitative estimate of drug-likeness (QED) is 0.605. The van der Waals surface area contributed by atoms with Gasteiger partial charge in [-0.05, 0) is 66.2 Å². The fourth-order valence-electron chi connectivity index (χ4n) is 3.12. The predicted molar refractivity (Wildman–Crippen MR) is 124 cm³/mol. The minimum absolute atomic E-state index is 0.160. The van der Waals surface area contributed by atoms with Crippen LogP contribution in [0.2, 0.25) is 0 Å². The summed E-state index contributed by atoms with van der Waals surface area (Å²) in [7, 11) is 5.57. The van der Waals surface area contributed by atoms with Gasteiger partial charge in [-0.25, -0.2) is 4.79 Å². The van der Waals surface area contributed by atoms with E-state index < -0.39 is 6.03 Å². The van der Waals surface area contributed by atoms with Crippen molar-refractivity contribution in [3.8, 4) is 5.75 Å². The van der Waals surface area contributed by atoms with E-state index in [1.54, 1.807) is 36.3 Å². The van der Waals surface area contributed by atoms with Crippen LogP contribution in [0.1, 0.15) is 15.9 Å². The number of methoxy groups -OCH3 is 1. The second-order valence-electron chi connectivity index (χ2n) is 7.22. The monoisotopic (exact) mass is 418 g/mol. The summed E-state index contributed by atoms with van der Waals surface area (Å²) in [5.74, 6) is 0.556. The van der Waals surface area contributed by atoms with Crippen LogP contribution in [-0.4, -0.2) is 33.1 Å². The first kappa shape index (κ1) is 21.7. The van der Waals surface area contributed by atoms with Crippen molar-refractivity contribution in [2.45, 2.75) is 6.54 Å². The van der Waals surface area contributed by atoms with Crippen molar-refractivity contribution in [3.05, 3.63) is 83.9 Å². The number of amides is 3. The summed E-state index contributed by atoms with van der Waals surface area (Å²) in [6, 6.07) is 21.4. The number of carbonyl (C=O) groups is 2. The summed E-state index contributed by atoms with van der Waals surface area (Å²) < 4.78 is 5.24. The molecule has 0 aliphatic heterocycles. The van der Waals surface area contributed by atoms with E-state index in [4.69, 9.17) is 10.5 Å². The van der Waals surface area contributed by atoms with Gasteiger partial charge in [0.1, 0.15) is 5.75 Å². The van der Waals surface area contributed by atoms with Gasteiger partial charge in [0.15, 0.2) is 0 Å². The van der Waals surface area contributed by atoms with E-state index in [-0.39, 0.29) is 5.91 Å². The molecule has 0 radical (unpaired) electrons. The van der Waals surface area contributed by atoms with Crippen LogP contribution in [-0.2, 0) is 6.54 Å². The molecule has 3 aromatic carbocycles. The lowest BCUT2D eigenvalue weighted by molar-refractivity contribution is 0.0985. The number of anilines is 3. The molecule has 0 saturated carbocycles. The highest BCUT2D eigenvalue weighted by atomic mass is 16.5. The Hall–Kier alpha value is -4.00. The van der Waals surface area contributed by atoms with E-state index >= 15 is 0 Å². The van der Waals surface area contributed by atoms with E-state index in [2.05, 4.69) is 5.32 Å². The third kappa shape index (κ3) is 5.54. The molecule has 31 heavy (non-hydrogen) atoms. The summed E-state index contributed by atoms with van der Waals surface area (Å²) in [5, 5.41) is 2.49. The predicted octanol–water partition coefficient (Wildman–Crippen LogP) is 4.10. The lowest BCUT2D eigenvalue weighted by atomic mass is 10.1. The van der Waals surface area contributed by atoms with Gasteiger partial charge in [-0.15, -0.1) is 0 Å². The van der Waals surface area contributed by atoms with Crippen LogP contribution < -0.4 is 25.6 Å². The first-order chi connectivity index (χ1) is 14.9. The van der Waals surface area contributed by atoms with Crippen molar-refractivity contribution in [2.24, 2.45) is 5.73 Å². The average molecular weight is 418 g/mol. The molecule has 7 nitrogen and oxygen atoms in total. The standard InChI is InChI=1S/C24H26N4O3/c1-27(2)20-10-4-17(5-11-20)16-28(21-12-14-22(31-3)15-13-21)23(29)18-6-8-19(9-7-18)26-24(25)30/h4-15H,16H2,1-3H3,(H3,25,26,30). The van der Waals surface area contributed by atoms with E-state index in [9.17, 15) is 9.59 Å². The van der Waals surface area contributed by atoms with Crippen molar-refractivity contribution < 1.29 is 14.3 Å². The number of hydrogen-bond acceptors (Lipinski definition) is 4. The number of nitrogens with zero attached hydrogens (tertiary/aromatic N) is 2. The Morgan fingerprint density at radius 2 is 1.45 bits per heavy atom. The van der Waals surface area contributed by atoms with Crippen LogP contribution in [0, 0.1) is 0 Å². The topological polar surface area (TPSA) is 87.9 Å². The molecule has 0 atom stereocenters. The first-order valence-electron chi connectivity index (χ1n) is 9.76. The van der Waals surface area contributed by atoms with E-state index in [1.165, 1.54) is 0 Å². The smallest absolute Gasteiger partial charge is 0.316 e. The fourth-order valence-corrected chi connectivity index (χ4v) is 3.12. The lowest BCUT2D eigenvalue weighted by Gasteiger charge is -2.24. The van der Waals surface area contributed by atoms with E-state index in [1.807, 2.05) is 67.5 Å². The molecular weight excluding hydrogens is 392 g/mol. The summed E-state index contributed by atoms with van der Waals surface area (Å²) in [4.78, 5) is 28.1. The number of primary amides is 1. The van der Waals surface area contributed by atoms with Crippen molar-refractivity contribution in [2.75, 3.05) is 36.3 Å². The highest BCUT2D eigenvalue weighted by Crippen LogP contribution is 2.24. The molecule has 0 heterocycles. The third-order valence-corrected chi connectivity index (χ3v) is 4.82. The molecule has 0 unspecified atom stereocenters. The highest BCUT2D eigenvalue weighted by molar-refractivity contribution is 6.06. The van der Waals surface area contributed by atoms with Gasteiger partial charge in [-0.3, -0.25) is 4.79 Å². The fraction of sp³-hybridized carbons (Fsp3) is 0.167. The largest absolute Gasteiger partial charge is 0.497 e. The van der Waals surface area contributed by atoms with Gasteiger partial charge in [0, 0.05) is 36.7 Å². The maximum absolute atomic E-state index is 13.4. The van der Waals surface area contributed by atoms with E-state index in [0.717, 1.165) is 16.9 Å². The van der Waals surface area contributed by atoms with Crippen LogP contribution >= 0.6 is 0 Å². The van der Waals surface area contributed by atoms with Crippen molar-refractivity contribution in [1.82, 2.24) is 0 Å². The second kappa shape index (κ2) is 9.67. The number of rotatable bonds is 7. The normalized spacial score (nSPS) is 10.3. The molecular formula is C24H26N4O3. The Morgan fingerprint density at radius 1 is 0.871 bits per heavy atom. The van der Waals surface area contributed by atoms with E-state index in [0.29, 0.717) is 23.5 Å². The van der Waals surface area contributed by atoms with Crippen LogP contribution in [0.3, 0.4) is 0 Å². The molecule has 0 saturated heterocycles. The molecule has 0 aromatic heterocycles. The Bertz CT molecular complexity index is 1030. The van der Waals surface area contributed by atoms with Crippen LogP contribution in [0.4, 0.5) is 21.9 Å². The molecule has 0 aliphatic carbocycles. The number of ether oxygens (including phenoxy) is 1. The Labute approximate surface area is 182 Å². The Morgan fingerprint density at radius 3 is 1.97 bits per heavy atom. The Balaban J connectivity index is 1.90. The van der Waals surface area contributed by atoms with Crippen molar-refractivity contribution in [3.63, 3.8) is 0 Å². The maximum atomic E-state index is 13.4. The van der Waals surface area contributed by atoms with Gasteiger partial charge in [-0.1, -0.05) is 12.1 Å². The summed E-state index contributed by atoms with van der Waals surface area (Å²) in [5.41, 5.74) is 9.01. The zero-order valence-corrected chi connectivity index (χ0v) is 17.8. The van der Waals surface area contributed by atoms with Gasteiger partial charge in [0.2, 0.25) is 0 Å². The summed E-state index contributed by atoms with van der Waals surface area (Å²) in [6.07, 6.45) is 0. The summed E-state index contributed by atoms with van der Waals surface area (Å²) in [6.45, 7) is 0.403. The molecule has 3 N–H and O–H groups in total. The average Bonchev–Trinajstić information content (AvgIpc) is 2.77. The second-order valence-corrected chi connectivity index (χ2v) is 7.22. The van der Waals surface area contributed by atoms with Gasteiger partial charge in [0.25, 0.3) is 5.91 Å². The van der Waals surface area contributed by atoms with Crippen LogP contribution in [0.15, 0.2) is 72.8 Å². The zero-order valence-electron chi connectivity index (χ0n) is 17.8. The Kier molecular flexibility index (Phi) is 6.77. The minimum Gasteiger partial charge on any atom is -0.497 e. The molecule has 0 bridgehead atoms. The molecule has 0 aliphatic rings. The maximum Gasteiger partial charge on any atom is 0.316 e. The lowest BCUT2D eigenvalue weighted by Crippen LogP contribution is -2.30. The molecule has 3 rings (SSSR count). The number of nitrogens with one attached hydrogen (secondary N) is 1. The molecule has 7 heteroatoms. The first-order valence-corrected chi connectivity index (χ1v) is 9.76. The number of nitrogens with two attached hydrogens (primary N) is 1. The van der Waals surface area contributed by atoms with Crippen molar-refractivity contribution in [1.29, 1.82) is 0 Å². The van der Waals surface area contributed by atoms with Gasteiger partial charge >= 0.3 is 6.03 Å². The number of urea groups is 1. The van der Waals surface area contributed by atoms with Gasteiger partial charge < -0.3 is 25.6 Å². The van der Waals surface area contributed by atoms with Gasteiger partial charge in [-0.2, -0.15) is 0 Å². The third-order valence-electron chi connectivity index (χ3n) is 4.82. The highest BCUT2D eigenvalue weighted by Gasteiger charge is 2.19. The summed E-state index contributed by atoms with van der Waals surface area (Å²) >= 11 is 0. The number of benzene rings is 3. The minimum atomic E-state index is -0.653. The zero-order chi connectivity index (χ0) is 22.4. The number of hydrogen-bond donors (Lipinski definition) is 2. The SMILES string of the molecule is COc1ccc(N(Cc2ccc(N(C)C)cc2)C(=O)c2ccc(NC(N)=O)cc2)cc1. The van der Waals surface area contributed by atoms with Crippen LogP contribution in [0.5, 0.6) is 5.75 Å². The molecule has 3 amide bonds. The van der Waals surface area contributed by atoms with Crippen LogP contribution in [0.25, 0.3) is 0 Å². The molecule has 3 aromatic rings. The van der Waals surface area contributed by atoms with Gasteiger partial charge in [0.05, 0.1) is 13.7 Å². The molecule has 160 valence electrons. The number of carbonyl (C=O) groups excluding carboxylic acids is 2.